The van der Waals surface area contributed by atoms with Gasteiger partial charge in [-0.3, -0.25) is 9.52 Å². The Morgan fingerprint density at radius 3 is 2.58 bits per heavy atom. The second-order valence-electron chi connectivity index (χ2n) is 5.20. The van der Waals surface area contributed by atoms with Crippen LogP contribution >= 0.6 is 0 Å². The molecule has 3 aromatic rings. The molecule has 1 aromatic heterocycles. The molecule has 0 atom stereocenters. The van der Waals surface area contributed by atoms with Crippen molar-refractivity contribution in [2.75, 3.05) is 4.72 Å². The number of nitrogens with one attached hydrogen (secondary N) is 1. The van der Waals surface area contributed by atoms with Crippen molar-refractivity contribution in [2.24, 2.45) is 0 Å². The summed E-state index contributed by atoms with van der Waals surface area (Å²) in [6.45, 7) is 1.41. The average molecular weight is 343 g/mol. The zero-order valence-corrected chi connectivity index (χ0v) is 13.5. The molecule has 1 N–H and O–H groups in total. The topological polar surface area (TPSA) is 93.4 Å². The summed E-state index contributed by atoms with van der Waals surface area (Å²) >= 11 is 0. The van der Waals surface area contributed by atoms with Crippen molar-refractivity contribution in [3.8, 4) is 0 Å². The average Bonchev–Trinajstić information content (AvgIpc) is 2.54. The lowest BCUT2D eigenvalue weighted by Gasteiger charge is -2.09. The van der Waals surface area contributed by atoms with Crippen LogP contribution in [0.5, 0.6) is 0 Å². The highest BCUT2D eigenvalue weighted by Gasteiger charge is 2.15. The Morgan fingerprint density at radius 2 is 1.83 bits per heavy atom. The van der Waals surface area contributed by atoms with E-state index in [-0.39, 0.29) is 10.7 Å². The van der Waals surface area contributed by atoms with Crippen LogP contribution in [0.1, 0.15) is 17.3 Å². The maximum absolute atomic E-state index is 12.5. The van der Waals surface area contributed by atoms with Crippen molar-refractivity contribution in [1.29, 1.82) is 0 Å². The molecule has 0 amide bonds. The zero-order valence-electron chi connectivity index (χ0n) is 12.6. The van der Waals surface area contributed by atoms with Crippen molar-refractivity contribution in [3.05, 3.63) is 70.6 Å². The van der Waals surface area contributed by atoms with Crippen LogP contribution in [0.2, 0.25) is 0 Å². The van der Waals surface area contributed by atoms with E-state index in [1.54, 1.807) is 18.2 Å². The van der Waals surface area contributed by atoms with Gasteiger partial charge in [0.25, 0.3) is 10.0 Å². The first-order valence-corrected chi connectivity index (χ1v) is 8.51. The first-order chi connectivity index (χ1) is 11.3. The highest BCUT2D eigenvalue weighted by Crippen LogP contribution is 2.21. The molecule has 7 heteroatoms. The number of fused-ring (bicyclic) bond motifs is 1. The smallest absolute Gasteiger partial charge is 0.336 e. The van der Waals surface area contributed by atoms with Gasteiger partial charge in [-0.1, -0.05) is 12.1 Å². The molecule has 0 aliphatic rings. The minimum atomic E-state index is -3.84. The minimum Gasteiger partial charge on any atom is -0.423 e. The molecule has 0 aliphatic carbocycles. The summed E-state index contributed by atoms with van der Waals surface area (Å²) in [5.74, 6) is -0.156. The molecule has 6 nitrogen and oxygen atoms in total. The van der Waals surface area contributed by atoms with Crippen LogP contribution in [-0.4, -0.2) is 14.2 Å². The number of rotatable bonds is 4. The van der Waals surface area contributed by atoms with E-state index in [0.717, 1.165) is 0 Å². The summed E-state index contributed by atoms with van der Waals surface area (Å²) in [5.41, 5.74) is 0.509. The lowest BCUT2D eigenvalue weighted by atomic mass is 10.1. The van der Waals surface area contributed by atoms with E-state index in [2.05, 4.69) is 4.72 Å². The van der Waals surface area contributed by atoms with E-state index in [1.807, 2.05) is 0 Å². The molecule has 1 heterocycles. The molecule has 0 bridgehead atoms. The third kappa shape index (κ3) is 3.21. The number of sulfonamides is 1. The molecule has 0 saturated heterocycles. The molecule has 0 aliphatic heterocycles. The third-order valence-corrected chi connectivity index (χ3v) is 4.80. The lowest BCUT2D eigenvalue weighted by molar-refractivity contribution is 0.101. The Hall–Kier alpha value is -2.93. The monoisotopic (exact) mass is 343 g/mol. The molecule has 0 radical (unpaired) electrons. The van der Waals surface area contributed by atoms with Crippen molar-refractivity contribution in [1.82, 2.24) is 0 Å². The summed E-state index contributed by atoms with van der Waals surface area (Å²) in [6, 6.07) is 13.2. The van der Waals surface area contributed by atoms with E-state index in [0.29, 0.717) is 22.2 Å². The van der Waals surface area contributed by atoms with Gasteiger partial charge in [0.15, 0.2) is 5.78 Å². The summed E-state index contributed by atoms with van der Waals surface area (Å²) < 4.78 is 32.4. The molecular formula is C17H13NO5S. The van der Waals surface area contributed by atoms with Gasteiger partial charge in [-0.05, 0) is 43.3 Å². The summed E-state index contributed by atoms with van der Waals surface area (Å²) in [7, 11) is -3.84. The molecule has 122 valence electrons. The number of benzene rings is 2. The molecule has 0 spiro atoms. The number of Topliss-reactive ketones (excluding diaryl/α,β-unsaturated/α-hetero) is 1. The van der Waals surface area contributed by atoms with Crippen LogP contribution < -0.4 is 10.3 Å². The van der Waals surface area contributed by atoms with Crippen LogP contribution in [0, 0.1) is 0 Å². The molecule has 2 aromatic carbocycles. The van der Waals surface area contributed by atoms with Gasteiger partial charge in [0.2, 0.25) is 0 Å². The quantitative estimate of drug-likeness (QED) is 0.581. The first kappa shape index (κ1) is 15.9. The number of ketones is 1. The molecule has 0 fully saturated rings. The Bertz CT molecular complexity index is 1100. The van der Waals surface area contributed by atoms with Crippen molar-refractivity contribution in [2.45, 2.75) is 11.8 Å². The summed E-state index contributed by atoms with van der Waals surface area (Å²) in [4.78, 5) is 22.6. The predicted molar refractivity (Wildman–Crippen MR) is 89.7 cm³/mol. The molecule has 24 heavy (non-hydrogen) atoms. The fourth-order valence-corrected chi connectivity index (χ4v) is 3.32. The van der Waals surface area contributed by atoms with E-state index < -0.39 is 15.6 Å². The van der Waals surface area contributed by atoms with Gasteiger partial charge in [0.05, 0.1) is 4.90 Å². The zero-order chi connectivity index (χ0) is 17.3. The fraction of sp³-hybridized carbons (Fsp3) is 0.0588. The van der Waals surface area contributed by atoms with Gasteiger partial charge in [-0.25, -0.2) is 13.2 Å². The van der Waals surface area contributed by atoms with Gasteiger partial charge < -0.3 is 4.42 Å². The van der Waals surface area contributed by atoms with Crippen LogP contribution in [0.25, 0.3) is 11.0 Å². The van der Waals surface area contributed by atoms with E-state index in [9.17, 15) is 18.0 Å². The third-order valence-electron chi connectivity index (χ3n) is 3.42. The number of carbonyl (C=O) groups is 1. The van der Waals surface area contributed by atoms with E-state index >= 15 is 0 Å². The number of anilines is 1. The standard InChI is InChI=1S/C17H13NO5S/c1-11(19)12-3-2-4-14(9-12)18-24(21,22)15-6-7-16-13(10-15)5-8-17(20)23-16/h2-10,18H,1H3. The highest BCUT2D eigenvalue weighted by atomic mass is 32.2. The van der Waals surface area contributed by atoms with Crippen LogP contribution in [0.15, 0.2) is 68.7 Å². The first-order valence-electron chi connectivity index (χ1n) is 7.03. The van der Waals surface area contributed by atoms with Gasteiger partial charge in [-0.15, -0.1) is 0 Å². The Balaban J connectivity index is 1.98. The summed E-state index contributed by atoms with van der Waals surface area (Å²) in [6.07, 6.45) is 0. The van der Waals surface area contributed by atoms with E-state index in [1.165, 1.54) is 43.3 Å². The van der Waals surface area contributed by atoms with Gasteiger partial charge in [0.1, 0.15) is 5.58 Å². The second kappa shape index (κ2) is 5.93. The van der Waals surface area contributed by atoms with E-state index in [4.69, 9.17) is 4.42 Å². The van der Waals surface area contributed by atoms with Crippen LogP contribution in [0.3, 0.4) is 0 Å². The molecular weight excluding hydrogens is 330 g/mol. The fourth-order valence-electron chi connectivity index (χ4n) is 2.23. The number of carbonyl (C=O) groups excluding carboxylic acids is 1. The highest BCUT2D eigenvalue weighted by molar-refractivity contribution is 7.92. The molecule has 3 rings (SSSR count). The summed E-state index contributed by atoms with van der Waals surface area (Å²) in [5, 5.41) is 0.495. The maximum Gasteiger partial charge on any atom is 0.336 e. The van der Waals surface area contributed by atoms with Gasteiger partial charge in [-0.2, -0.15) is 0 Å². The normalized spacial score (nSPS) is 11.4. The van der Waals surface area contributed by atoms with Crippen LogP contribution in [0.4, 0.5) is 5.69 Å². The molecule has 0 saturated carbocycles. The Kier molecular flexibility index (Phi) is 3.94. The van der Waals surface area contributed by atoms with Crippen molar-refractivity contribution < 1.29 is 17.6 Å². The Morgan fingerprint density at radius 1 is 1.04 bits per heavy atom. The lowest BCUT2D eigenvalue weighted by Crippen LogP contribution is -2.13. The minimum absolute atomic E-state index is 0.0251. The molecule has 0 unspecified atom stereocenters. The SMILES string of the molecule is CC(=O)c1cccc(NS(=O)(=O)c2ccc3oc(=O)ccc3c2)c1. The van der Waals surface area contributed by atoms with Gasteiger partial charge in [0, 0.05) is 22.7 Å². The van der Waals surface area contributed by atoms with Crippen molar-refractivity contribution >= 4 is 32.5 Å². The van der Waals surface area contributed by atoms with Crippen molar-refractivity contribution in [3.63, 3.8) is 0 Å². The predicted octanol–water partition coefficient (Wildman–Crippen LogP) is 2.80. The number of hydrogen-bond acceptors (Lipinski definition) is 5. The largest absolute Gasteiger partial charge is 0.423 e. The second-order valence-corrected chi connectivity index (χ2v) is 6.88. The Labute approximate surface area is 137 Å². The number of hydrogen-bond donors (Lipinski definition) is 1. The van der Waals surface area contributed by atoms with Gasteiger partial charge >= 0.3 is 5.63 Å². The maximum atomic E-state index is 12.5. The van der Waals surface area contributed by atoms with Crippen LogP contribution in [-0.2, 0) is 10.0 Å².